The van der Waals surface area contributed by atoms with Crippen molar-refractivity contribution in [2.24, 2.45) is 4.99 Å². The summed E-state index contributed by atoms with van der Waals surface area (Å²) < 4.78 is 41.4. The van der Waals surface area contributed by atoms with Crippen LogP contribution in [-0.2, 0) is 24.0 Å². The first-order valence-corrected chi connectivity index (χ1v) is 13.3. The number of rotatable bonds is 8. The first-order chi connectivity index (χ1) is 17.4. The minimum atomic E-state index is -2.64. The fourth-order valence-corrected chi connectivity index (χ4v) is 4.25. The monoisotopic (exact) mass is 506 g/mol. The number of anilines is 1. The highest BCUT2D eigenvalue weighted by Crippen LogP contribution is 2.37. The molecule has 4 rings (SSSR count). The molecule has 0 saturated carbocycles. The minimum absolute atomic E-state index is 0.186. The zero-order chi connectivity index (χ0) is 26.2. The van der Waals surface area contributed by atoms with Gasteiger partial charge in [0.25, 0.3) is 14.4 Å². The predicted octanol–water partition coefficient (Wildman–Crippen LogP) is 6.24. The van der Waals surface area contributed by atoms with Crippen LogP contribution in [0, 0.1) is 0 Å². The van der Waals surface area contributed by atoms with Crippen molar-refractivity contribution < 1.29 is 13.0 Å². The number of aryl methyl sites for hydroxylation is 1. The van der Waals surface area contributed by atoms with Gasteiger partial charge in [-0.1, -0.05) is 87.5 Å². The van der Waals surface area contributed by atoms with Crippen LogP contribution in [0.25, 0.3) is 10.9 Å². The molecule has 0 fully saturated rings. The zero-order valence-corrected chi connectivity index (χ0v) is 21.7. The van der Waals surface area contributed by atoms with E-state index < -0.39 is 24.0 Å². The molecule has 0 saturated heterocycles. The lowest BCUT2D eigenvalue weighted by atomic mass is 10.0. The Bertz CT molecular complexity index is 1300. The molecule has 0 spiro atoms. The first-order valence-electron chi connectivity index (χ1n) is 11.8. The predicted molar refractivity (Wildman–Crippen MR) is 147 cm³/mol. The molecule has 5 nitrogen and oxygen atoms in total. The Labute approximate surface area is 214 Å². The van der Waals surface area contributed by atoms with Crippen LogP contribution in [0.2, 0.25) is 0 Å². The summed E-state index contributed by atoms with van der Waals surface area (Å²) in [5.41, 5.74) is 4.23. The smallest absolute Gasteiger partial charge is 0.257 e. The van der Waals surface area contributed by atoms with Gasteiger partial charge in [-0.25, -0.2) is 18.0 Å². The second-order valence-electron chi connectivity index (χ2n) is 7.66. The van der Waals surface area contributed by atoms with Gasteiger partial charge in [0, 0.05) is 22.8 Å². The summed E-state index contributed by atoms with van der Waals surface area (Å²) in [5.74, 6) is 0.186. The van der Waals surface area contributed by atoms with Crippen molar-refractivity contribution in [3.05, 3.63) is 89.5 Å². The van der Waals surface area contributed by atoms with Crippen LogP contribution >= 0.6 is 0 Å². The van der Waals surface area contributed by atoms with Crippen LogP contribution in [0.1, 0.15) is 37.5 Å². The molecule has 0 amide bonds. The van der Waals surface area contributed by atoms with Crippen molar-refractivity contribution in [2.75, 3.05) is 10.5 Å². The van der Waals surface area contributed by atoms with Gasteiger partial charge >= 0.3 is 0 Å². The van der Waals surface area contributed by atoms with Gasteiger partial charge < -0.3 is 4.22 Å². The van der Waals surface area contributed by atoms with Gasteiger partial charge in [0.2, 0.25) is 0 Å². The SMILES string of the molecule is CC.[B]N(c1nn(CC(F)F)c2c(N=C(c3ccccc3)c3ccccc3)ccc(CC)c12)S(C)=O. The summed E-state index contributed by atoms with van der Waals surface area (Å²) in [7, 11) is 4.45. The number of fused-ring (bicyclic) bond motifs is 1. The number of hydrogen-bond acceptors (Lipinski definition) is 3. The third kappa shape index (κ3) is 5.90. The van der Waals surface area contributed by atoms with E-state index in [4.69, 9.17) is 13.0 Å². The summed E-state index contributed by atoms with van der Waals surface area (Å²) in [6.07, 6.45) is -0.615. The molecular weight excluding hydrogens is 477 g/mol. The summed E-state index contributed by atoms with van der Waals surface area (Å²) in [4.78, 5) is 4.96. The number of halogens is 2. The molecule has 9 heteroatoms. The number of nitrogens with zero attached hydrogens (tertiary/aromatic N) is 4. The van der Waals surface area contributed by atoms with E-state index in [0.29, 0.717) is 28.7 Å². The highest BCUT2D eigenvalue weighted by Gasteiger charge is 2.23. The lowest BCUT2D eigenvalue weighted by molar-refractivity contribution is 0.123. The molecule has 0 bridgehead atoms. The Morgan fingerprint density at radius 3 is 2.06 bits per heavy atom. The van der Waals surface area contributed by atoms with Crippen molar-refractivity contribution in [2.45, 2.75) is 40.2 Å². The van der Waals surface area contributed by atoms with Gasteiger partial charge in [-0.3, -0.25) is 4.68 Å². The van der Waals surface area contributed by atoms with Crippen LogP contribution in [0.5, 0.6) is 0 Å². The molecule has 0 aliphatic heterocycles. The average molecular weight is 506 g/mol. The number of aliphatic imine (C=N–C) groups is 1. The van der Waals surface area contributed by atoms with Crippen LogP contribution in [0.4, 0.5) is 20.3 Å². The summed E-state index contributed by atoms with van der Waals surface area (Å²) in [6, 6.07) is 23.0. The van der Waals surface area contributed by atoms with Gasteiger partial charge in [0.15, 0.2) is 5.82 Å². The molecule has 0 aliphatic rings. The van der Waals surface area contributed by atoms with E-state index in [0.717, 1.165) is 20.9 Å². The lowest BCUT2D eigenvalue weighted by Gasteiger charge is -2.14. The highest BCUT2D eigenvalue weighted by molar-refractivity contribution is 7.87. The van der Waals surface area contributed by atoms with Crippen molar-refractivity contribution in [3.8, 4) is 0 Å². The quantitative estimate of drug-likeness (QED) is 0.210. The van der Waals surface area contributed by atoms with Crippen molar-refractivity contribution in [3.63, 3.8) is 0 Å². The van der Waals surface area contributed by atoms with Crippen molar-refractivity contribution in [1.82, 2.24) is 9.78 Å². The first kappa shape index (κ1) is 27.3. The second kappa shape index (κ2) is 12.6. The maximum atomic E-state index is 13.5. The number of aromatic nitrogens is 2. The van der Waals surface area contributed by atoms with Gasteiger partial charge in [0.05, 0.1) is 16.9 Å². The van der Waals surface area contributed by atoms with Crippen molar-refractivity contribution in [1.29, 1.82) is 0 Å². The van der Waals surface area contributed by atoms with Gasteiger partial charge in [-0.05, 0) is 18.1 Å². The standard InChI is InChI=1S/C25H23BF2N4OS.C2H6/c1-3-17-14-15-20(24-22(17)25(32(26)34(2)33)30-31(24)16-21(27)28)29-23(18-10-6-4-7-11-18)19-12-8-5-9-13-19;1-2/h4-15,21H,3,16H2,1-2H3;1-2H3. The third-order valence-electron chi connectivity index (χ3n) is 5.44. The van der Waals surface area contributed by atoms with E-state index in [1.165, 1.54) is 10.9 Å². The maximum Gasteiger partial charge on any atom is 0.257 e. The van der Waals surface area contributed by atoms with Crippen LogP contribution in [0.3, 0.4) is 0 Å². The van der Waals surface area contributed by atoms with Crippen LogP contribution in [0.15, 0.2) is 77.8 Å². The van der Waals surface area contributed by atoms with Gasteiger partial charge in [0.1, 0.15) is 17.5 Å². The van der Waals surface area contributed by atoms with E-state index in [9.17, 15) is 13.0 Å². The highest BCUT2D eigenvalue weighted by atomic mass is 32.2. The van der Waals surface area contributed by atoms with Crippen LogP contribution in [-0.4, -0.2) is 40.4 Å². The van der Waals surface area contributed by atoms with Gasteiger partial charge in [-0.15, -0.1) is 0 Å². The normalized spacial score (nSPS) is 11.6. The van der Waals surface area contributed by atoms with E-state index >= 15 is 0 Å². The molecule has 186 valence electrons. The topological polar surface area (TPSA) is 50.5 Å². The summed E-state index contributed by atoms with van der Waals surface area (Å²) >= 11 is 0. The molecular formula is C27H29BF2N4OS. The Morgan fingerprint density at radius 2 is 1.58 bits per heavy atom. The Hall–Kier alpha value is -3.33. The molecule has 1 atom stereocenters. The fourth-order valence-electron chi connectivity index (χ4n) is 3.88. The second-order valence-corrected chi connectivity index (χ2v) is 8.90. The Balaban J connectivity index is 0.00000176. The third-order valence-corrected chi connectivity index (χ3v) is 6.17. The van der Waals surface area contributed by atoms with Crippen molar-refractivity contribution >= 4 is 47.1 Å². The van der Waals surface area contributed by atoms with E-state index in [2.05, 4.69) is 5.10 Å². The largest absolute Gasteiger partial charge is 0.333 e. The Morgan fingerprint density at radius 1 is 1.03 bits per heavy atom. The van der Waals surface area contributed by atoms with Crippen LogP contribution < -0.4 is 4.22 Å². The molecule has 0 aliphatic carbocycles. The molecule has 36 heavy (non-hydrogen) atoms. The average Bonchev–Trinajstić information content (AvgIpc) is 3.27. The molecule has 1 aromatic heterocycles. The summed E-state index contributed by atoms with van der Waals surface area (Å²) in [5, 5.41) is 4.92. The zero-order valence-electron chi connectivity index (χ0n) is 20.9. The molecule has 0 N–H and O–H groups in total. The number of alkyl halides is 2. The minimum Gasteiger partial charge on any atom is -0.333 e. The van der Waals surface area contributed by atoms with E-state index in [1.807, 2.05) is 93.6 Å². The fraction of sp³-hybridized carbons (Fsp3) is 0.259. The lowest BCUT2D eigenvalue weighted by Crippen LogP contribution is -2.22. The molecule has 3 aromatic carbocycles. The number of benzene rings is 3. The number of hydrogen-bond donors (Lipinski definition) is 0. The van der Waals surface area contributed by atoms with Gasteiger partial charge in [-0.2, -0.15) is 5.10 Å². The molecule has 1 unspecified atom stereocenters. The molecule has 4 aromatic rings. The van der Waals surface area contributed by atoms with E-state index in [-0.39, 0.29) is 5.82 Å². The Kier molecular flexibility index (Phi) is 9.53. The maximum absolute atomic E-state index is 13.5. The summed E-state index contributed by atoms with van der Waals surface area (Å²) in [6.45, 7) is 5.32. The van der Waals surface area contributed by atoms with E-state index in [1.54, 1.807) is 0 Å². The molecule has 2 radical (unpaired) electrons. The molecule has 1 heterocycles.